The third-order valence-electron chi connectivity index (χ3n) is 4.67. The summed E-state index contributed by atoms with van der Waals surface area (Å²) in [6.45, 7) is 0. The van der Waals surface area contributed by atoms with Gasteiger partial charge in [0.2, 0.25) is 10.0 Å². The second kappa shape index (κ2) is 6.34. The van der Waals surface area contributed by atoms with Crippen LogP contribution < -0.4 is 9.73 Å². The molecule has 8 heteroatoms. The van der Waals surface area contributed by atoms with Crippen LogP contribution in [0.5, 0.6) is 0 Å². The SMILES string of the molecule is NS(=O)(=O)c1cccc([N+]2(C3CCCCC3)C=CC(C(F)F)=N2)c1. The Kier molecular flexibility index (Phi) is 4.54. The van der Waals surface area contributed by atoms with Crippen molar-refractivity contribution in [2.24, 2.45) is 10.2 Å². The highest BCUT2D eigenvalue weighted by atomic mass is 32.2. The number of alkyl halides is 2. The minimum atomic E-state index is -3.87. The molecule has 0 aromatic heterocycles. The van der Waals surface area contributed by atoms with Crippen LogP contribution >= 0.6 is 0 Å². The van der Waals surface area contributed by atoms with E-state index >= 15 is 0 Å². The lowest BCUT2D eigenvalue weighted by atomic mass is 9.93. The molecule has 1 atom stereocenters. The third kappa shape index (κ3) is 3.13. The van der Waals surface area contributed by atoms with Crippen LogP contribution in [0.25, 0.3) is 0 Å². The lowest BCUT2D eigenvalue weighted by molar-refractivity contribution is 0.210. The Morgan fingerprint density at radius 1 is 1.21 bits per heavy atom. The molecule has 3 rings (SSSR count). The molecule has 1 aliphatic heterocycles. The minimum Gasteiger partial charge on any atom is -0.225 e. The molecule has 5 nitrogen and oxygen atoms in total. The van der Waals surface area contributed by atoms with Gasteiger partial charge in [-0.3, -0.25) is 0 Å². The van der Waals surface area contributed by atoms with Crippen molar-refractivity contribution in [2.75, 3.05) is 0 Å². The Morgan fingerprint density at radius 3 is 2.50 bits per heavy atom. The summed E-state index contributed by atoms with van der Waals surface area (Å²) in [7, 11) is -3.87. The van der Waals surface area contributed by atoms with Crippen molar-refractivity contribution in [3.05, 3.63) is 36.5 Å². The zero-order valence-electron chi connectivity index (χ0n) is 13.1. The topological polar surface area (TPSA) is 72.5 Å². The zero-order valence-corrected chi connectivity index (χ0v) is 13.9. The van der Waals surface area contributed by atoms with E-state index in [4.69, 9.17) is 5.14 Å². The van der Waals surface area contributed by atoms with Gasteiger partial charge in [0.1, 0.15) is 12.2 Å². The van der Waals surface area contributed by atoms with E-state index in [1.165, 1.54) is 18.2 Å². The van der Waals surface area contributed by atoms with Crippen molar-refractivity contribution < 1.29 is 17.2 Å². The minimum absolute atomic E-state index is 0.0157. The first-order valence-electron chi connectivity index (χ1n) is 7.92. The molecule has 0 amide bonds. The second-order valence-electron chi connectivity index (χ2n) is 6.21. The molecule has 1 unspecified atom stereocenters. The van der Waals surface area contributed by atoms with Crippen molar-refractivity contribution in [3.63, 3.8) is 0 Å². The maximum atomic E-state index is 13.1. The summed E-state index contributed by atoms with van der Waals surface area (Å²) in [4.78, 5) is -0.0394. The molecule has 1 aromatic rings. The van der Waals surface area contributed by atoms with Gasteiger partial charge in [0.25, 0.3) is 6.43 Å². The summed E-state index contributed by atoms with van der Waals surface area (Å²) in [6, 6.07) is 6.13. The number of sulfonamides is 1. The summed E-state index contributed by atoms with van der Waals surface area (Å²) >= 11 is 0. The molecule has 0 radical (unpaired) electrons. The molecule has 1 saturated carbocycles. The molecule has 0 saturated heterocycles. The largest absolute Gasteiger partial charge is 0.285 e. The zero-order chi connectivity index (χ0) is 17.4. The number of hydrogen-bond donors (Lipinski definition) is 1. The summed E-state index contributed by atoms with van der Waals surface area (Å²) in [5.74, 6) is 0. The van der Waals surface area contributed by atoms with Crippen molar-refractivity contribution in [1.29, 1.82) is 0 Å². The molecule has 2 aliphatic rings. The Morgan fingerprint density at radius 2 is 1.92 bits per heavy atom. The fourth-order valence-corrected chi connectivity index (χ4v) is 4.03. The normalized spacial score (nSPS) is 25.2. The van der Waals surface area contributed by atoms with Crippen LogP contribution in [-0.4, -0.2) is 26.6 Å². The van der Waals surface area contributed by atoms with E-state index < -0.39 is 16.4 Å². The lowest BCUT2D eigenvalue weighted by Crippen LogP contribution is -2.48. The highest BCUT2D eigenvalue weighted by Crippen LogP contribution is 2.39. The summed E-state index contributed by atoms with van der Waals surface area (Å²) in [5, 5.41) is 9.51. The Bertz CT molecular complexity index is 786. The number of halogens is 2. The first kappa shape index (κ1) is 17.2. The monoisotopic (exact) mass is 356 g/mol. The van der Waals surface area contributed by atoms with Crippen LogP contribution in [0.15, 0.2) is 46.5 Å². The van der Waals surface area contributed by atoms with Crippen LogP contribution in [0, 0.1) is 0 Å². The van der Waals surface area contributed by atoms with E-state index in [0.29, 0.717) is 5.69 Å². The van der Waals surface area contributed by atoms with E-state index in [0.717, 1.165) is 32.1 Å². The molecule has 0 spiro atoms. The van der Waals surface area contributed by atoms with Crippen molar-refractivity contribution >= 4 is 21.4 Å². The fraction of sp³-hybridized carbons (Fsp3) is 0.438. The van der Waals surface area contributed by atoms with E-state index in [9.17, 15) is 17.2 Å². The van der Waals surface area contributed by atoms with Gasteiger partial charge in [0.15, 0.2) is 11.4 Å². The van der Waals surface area contributed by atoms with E-state index in [1.54, 1.807) is 18.3 Å². The van der Waals surface area contributed by atoms with Crippen LogP contribution in [0.1, 0.15) is 32.1 Å². The lowest BCUT2D eigenvalue weighted by Gasteiger charge is -2.36. The van der Waals surface area contributed by atoms with Crippen molar-refractivity contribution in [1.82, 2.24) is 4.59 Å². The van der Waals surface area contributed by atoms with Gasteiger partial charge in [-0.15, -0.1) is 4.59 Å². The highest BCUT2D eigenvalue weighted by molar-refractivity contribution is 7.89. The van der Waals surface area contributed by atoms with E-state index in [1.807, 2.05) is 0 Å². The van der Waals surface area contributed by atoms with Gasteiger partial charge in [-0.05, 0) is 18.9 Å². The molecule has 1 fully saturated rings. The standard InChI is InChI=1S/C16H20F2N3O2S/c17-16(18)15-9-10-21(20-15,12-5-2-1-3-6-12)13-7-4-8-14(11-13)24(19,22)23/h4,7-12,16H,1-3,5-6H2,(H2,19,22,23)/q+1. The molecule has 2 N–H and O–H groups in total. The first-order valence-corrected chi connectivity index (χ1v) is 9.47. The Labute approximate surface area is 140 Å². The Balaban J connectivity index is 2.12. The van der Waals surface area contributed by atoms with E-state index in [-0.39, 0.29) is 21.2 Å². The van der Waals surface area contributed by atoms with Crippen LogP contribution in [0.4, 0.5) is 14.5 Å². The second-order valence-corrected chi connectivity index (χ2v) is 7.78. The van der Waals surface area contributed by atoms with Gasteiger partial charge >= 0.3 is 0 Å². The number of rotatable bonds is 4. The van der Waals surface area contributed by atoms with Crippen LogP contribution in [-0.2, 0) is 10.0 Å². The summed E-state index contributed by atoms with van der Waals surface area (Å²) in [6.07, 6.45) is 5.14. The molecule has 1 heterocycles. The van der Waals surface area contributed by atoms with Gasteiger partial charge < -0.3 is 0 Å². The summed E-state index contributed by atoms with van der Waals surface area (Å²) < 4.78 is 49.4. The molecule has 0 bridgehead atoms. The fourth-order valence-electron chi connectivity index (χ4n) is 3.48. The molecule has 1 aromatic carbocycles. The van der Waals surface area contributed by atoms with Gasteiger partial charge in [-0.25, -0.2) is 22.3 Å². The molecule has 1 aliphatic carbocycles. The number of allylic oxidation sites excluding steroid dienone is 1. The average Bonchev–Trinajstić information content (AvgIpc) is 3.02. The van der Waals surface area contributed by atoms with Crippen molar-refractivity contribution in [2.45, 2.75) is 49.5 Å². The summed E-state index contributed by atoms with van der Waals surface area (Å²) in [5.41, 5.74) is 0.266. The van der Waals surface area contributed by atoms with Crippen LogP contribution in [0.3, 0.4) is 0 Å². The van der Waals surface area contributed by atoms with Crippen molar-refractivity contribution in [3.8, 4) is 0 Å². The molecular weight excluding hydrogens is 336 g/mol. The predicted octanol–water partition coefficient (Wildman–Crippen LogP) is 3.12. The highest BCUT2D eigenvalue weighted by Gasteiger charge is 2.43. The van der Waals surface area contributed by atoms with E-state index in [2.05, 4.69) is 5.10 Å². The van der Waals surface area contributed by atoms with Gasteiger partial charge in [-0.2, -0.15) is 0 Å². The maximum Gasteiger partial charge on any atom is 0.285 e. The number of hydrogen-bond acceptors (Lipinski definition) is 3. The number of quaternary nitrogens is 1. The quantitative estimate of drug-likeness (QED) is 0.842. The van der Waals surface area contributed by atoms with Gasteiger partial charge in [-0.1, -0.05) is 17.6 Å². The third-order valence-corrected chi connectivity index (χ3v) is 5.58. The number of benzene rings is 1. The Hall–Kier alpha value is -1.64. The molecular formula is C16H20F2N3O2S+. The number of primary sulfonamides is 1. The number of nitrogens with zero attached hydrogens (tertiary/aromatic N) is 2. The predicted molar refractivity (Wildman–Crippen MR) is 89.1 cm³/mol. The molecule has 24 heavy (non-hydrogen) atoms. The first-order chi connectivity index (χ1) is 11.3. The maximum absolute atomic E-state index is 13.1. The smallest absolute Gasteiger partial charge is 0.225 e. The molecule has 130 valence electrons. The van der Waals surface area contributed by atoms with Gasteiger partial charge in [0.05, 0.1) is 4.90 Å². The number of nitrogens with two attached hydrogens (primary N) is 1. The van der Waals surface area contributed by atoms with Crippen LogP contribution in [0.2, 0.25) is 0 Å². The average molecular weight is 356 g/mol. The van der Waals surface area contributed by atoms with Gasteiger partial charge in [0, 0.05) is 31.1 Å².